The molecule has 0 aromatic heterocycles. The van der Waals surface area contributed by atoms with Crippen LogP contribution in [0, 0.1) is 23.2 Å². The first-order chi connectivity index (χ1) is 9.20. The van der Waals surface area contributed by atoms with Crippen molar-refractivity contribution in [2.75, 3.05) is 6.54 Å². The van der Waals surface area contributed by atoms with E-state index in [1.54, 1.807) is 0 Å². The van der Waals surface area contributed by atoms with Crippen LogP contribution in [0.25, 0.3) is 0 Å². The van der Waals surface area contributed by atoms with Crippen molar-refractivity contribution >= 4 is 5.91 Å². The Morgan fingerprint density at radius 3 is 2.20 bits per heavy atom. The molecule has 1 atom stereocenters. The Morgan fingerprint density at radius 2 is 1.75 bits per heavy atom. The summed E-state index contributed by atoms with van der Waals surface area (Å²) >= 11 is 0. The number of nitrogens with one attached hydrogen (secondary N) is 1. The van der Waals surface area contributed by atoms with Crippen molar-refractivity contribution in [3.05, 3.63) is 0 Å². The van der Waals surface area contributed by atoms with E-state index in [9.17, 15) is 4.79 Å². The van der Waals surface area contributed by atoms with Gasteiger partial charge in [0.2, 0.25) is 5.91 Å². The quantitative estimate of drug-likeness (QED) is 0.812. The lowest BCUT2D eigenvalue weighted by Gasteiger charge is -2.36. The van der Waals surface area contributed by atoms with Crippen LogP contribution in [0.3, 0.4) is 0 Å². The summed E-state index contributed by atoms with van der Waals surface area (Å²) in [4.78, 5) is 12.2. The van der Waals surface area contributed by atoms with Gasteiger partial charge in [0.1, 0.15) is 0 Å². The molecule has 3 heteroatoms. The lowest BCUT2D eigenvalue weighted by molar-refractivity contribution is -0.126. The Labute approximate surface area is 125 Å². The second kappa shape index (κ2) is 7.44. The first-order valence-corrected chi connectivity index (χ1v) is 8.23. The molecule has 0 saturated heterocycles. The molecule has 0 bridgehead atoms. The summed E-state index contributed by atoms with van der Waals surface area (Å²) < 4.78 is 0. The normalized spacial score (nSPS) is 25.6. The zero-order valence-electron chi connectivity index (χ0n) is 14.0. The van der Waals surface area contributed by atoms with E-state index in [1.165, 1.54) is 12.8 Å². The average molecular weight is 282 g/mol. The van der Waals surface area contributed by atoms with E-state index < -0.39 is 0 Å². The van der Waals surface area contributed by atoms with E-state index in [-0.39, 0.29) is 17.9 Å². The number of amides is 1. The molecule has 0 heterocycles. The summed E-state index contributed by atoms with van der Waals surface area (Å²) in [5, 5.41) is 3.05. The standard InChI is InChI=1S/C17H34N2O/c1-12(2)10-15(18)11-19-16(20)13-6-8-14(9-7-13)17(3,4)5/h12-15H,6-11,18H2,1-5H3,(H,19,20). The number of carbonyl (C=O) groups excluding carboxylic acids is 1. The smallest absolute Gasteiger partial charge is 0.223 e. The fourth-order valence-corrected chi connectivity index (χ4v) is 3.29. The van der Waals surface area contributed by atoms with E-state index >= 15 is 0 Å². The van der Waals surface area contributed by atoms with Crippen molar-refractivity contribution < 1.29 is 4.79 Å². The van der Waals surface area contributed by atoms with Crippen molar-refractivity contribution in [1.82, 2.24) is 5.32 Å². The van der Waals surface area contributed by atoms with Crippen molar-refractivity contribution in [3.63, 3.8) is 0 Å². The molecule has 1 fully saturated rings. The molecular weight excluding hydrogens is 248 g/mol. The highest BCUT2D eigenvalue weighted by Crippen LogP contribution is 2.39. The summed E-state index contributed by atoms with van der Waals surface area (Å²) in [7, 11) is 0. The minimum absolute atomic E-state index is 0.0878. The SMILES string of the molecule is CC(C)CC(N)CNC(=O)C1CCC(C(C)(C)C)CC1. The molecule has 3 N–H and O–H groups in total. The van der Waals surface area contributed by atoms with Crippen LogP contribution in [0.15, 0.2) is 0 Å². The maximum Gasteiger partial charge on any atom is 0.223 e. The molecule has 20 heavy (non-hydrogen) atoms. The van der Waals surface area contributed by atoms with Gasteiger partial charge in [-0.25, -0.2) is 0 Å². The zero-order valence-corrected chi connectivity index (χ0v) is 14.0. The van der Waals surface area contributed by atoms with Crippen LogP contribution >= 0.6 is 0 Å². The first-order valence-electron chi connectivity index (χ1n) is 8.23. The fourth-order valence-electron chi connectivity index (χ4n) is 3.29. The number of rotatable bonds is 5. The molecule has 3 nitrogen and oxygen atoms in total. The fraction of sp³-hybridized carbons (Fsp3) is 0.941. The number of hydrogen-bond acceptors (Lipinski definition) is 2. The van der Waals surface area contributed by atoms with Crippen LogP contribution < -0.4 is 11.1 Å². The largest absolute Gasteiger partial charge is 0.354 e. The monoisotopic (exact) mass is 282 g/mol. The number of nitrogens with two attached hydrogens (primary N) is 1. The van der Waals surface area contributed by atoms with Gasteiger partial charge in [-0.05, 0) is 49.4 Å². The van der Waals surface area contributed by atoms with Gasteiger partial charge >= 0.3 is 0 Å². The summed E-state index contributed by atoms with van der Waals surface area (Å²) in [6.07, 6.45) is 5.40. The average Bonchev–Trinajstić information content (AvgIpc) is 2.34. The predicted molar refractivity (Wildman–Crippen MR) is 85.3 cm³/mol. The Balaban J connectivity index is 2.29. The highest BCUT2D eigenvalue weighted by molar-refractivity contribution is 5.78. The van der Waals surface area contributed by atoms with Gasteiger partial charge in [0.25, 0.3) is 0 Å². The molecule has 1 rings (SSSR count). The van der Waals surface area contributed by atoms with Gasteiger partial charge in [-0.15, -0.1) is 0 Å². The lowest BCUT2D eigenvalue weighted by atomic mass is 9.69. The minimum Gasteiger partial charge on any atom is -0.354 e. The minimum atomic E-state index is 0.0878. The van der Waals surface area contributed by atoms with Crippen molar-refractivity contribution in [1.29, 1.82) is 0 Å². The van der Waals surface area contributed by atoms with Crippen molar-refractivity contribution in [3.8, 4) is 0 Å². The third-order valence-corrected chi connectivity index (χ3v) is 4.64. The van der Waals surface area contributed by atoms with Crippen molar-refractivity contribution in [2.45, 2.75) is 72.8 Å². The number of carbonyl (C=O) groups is 1. The van der Waals surface area contributed by atoms with Crippen LogP contribution in [0.5, 0.6) is 0 Å². The molecular formula is C17H34N2O. The molecule has 0 aromatic rings. The second-order valence-electron chi connectivity index (χ2n) is 8.05. The molecule has 1 saturated carbocycles. The van der Waals surface area contributed by atoms with E-state index in [0.29, 0.717) is 17.9 Å². The molecule has 1 amide bonds. The number of hydrogen-bond donors (Lipinski definition) is 2. The first kappa shape index (κ1) is 17.5. The Bertz CT molecular complexity index is 299. The van der Waals surface area contributed by atoms with Gasteiger partial charge in [0.15, 0.2) is 0 Å². The van der Waals surface area contributed by atoms with Crippen LogP contribution in [0.1, 0.15) is 66.7 Å². The Kier molecular flexibility index (Phi) is 6.50. The maximum atomic E-state index is 12.2. The third kappa shape index (κ3) is 5.82. The molecule has 0 aromatic carbocycles. The van der Waals surface area contributed by atoms with Crippen LogP contribution in [0.4, 0.5) is 0 Å². The molecule has 0 radical (unpaired) electrons. The van der Waals surface area contributed by atoms with Gasteiger partial charge in [-0.2, -0.15) is 0 Å². The molecule has 1 aliphatic carbocycles. The van der Waals surface area contributed by atoms with Gasteiger partial charge in [0, 0.05) is 18.5 Å². The summed E-state index contributed by atoms with van der Waals surface area (Å²) in [5.74, 6) is 1.77. The van der Waals surface area contributed by atoms with Gasteiger partial charge in [-0.1, -0.05) is 34.6 Å². The zero-order chi connectivity index (χ0) is 15.3. The summed E-state index contributed by atoms with van der Waals surface area (Å²) in [6.45, 7) is 11.9. The van der Waals surface area contributed by atoms with Gasteiger partial charge in [0.05, 0.1) is 0 Å². The van der Waals surface area contributed by atoms with Gasteiger partial charge in [-0.3, -0.25) is 4.79 Å². The van der Waals surface area contributed by atoms with E-state index in [4.69, 9.17) is 5.73 Å². The molecule has 0 aliphatic heterocycles. The van der Waals surface area contributed by atoms with Crippen LogP contribution in [0.2, 0.25) is 0 Å². The topological polar surface area (TPSA) is 55.1 Å². The molecule has 0 spiro atoms. The summed E-state index contributed by atoms with van der Waals surface area (Å²) in [5.41, 5.74) is 6.39. The lowest BCUT2D eigenvalue weighted by Crippen LogP contribution is -2.41. The Hall–Kier alpha value is -0.570. The van der Waals surface area contributed by atoms with Crippen LogP contribution in [-0.4, -0.2) is 18.5 Å². The highest BCUT2D eigenvalue weighted by atomic mass is 16.1. The maximum absolute atomic E-state index is 12.2. The van der Waals surface area contributed by atoms with E-state index in [2.05, 4.69) is 39.9 Å². The highest BCUT2D eigenvalue weighted by Gasteiger charge is 2.32. The van der Waals surface area contributed by atoms with E-state index in [0.717, 1.165) is 25.2 Å². The third-order valence-electron chi connectivity index (χ3n) is 4.64. The molecule has 1 aliphatic rings. The second-order valence-corrected chi connectivity index (χ2v) is 8.05. The van der Waals surface area contributed by atoms with E-state index in [1.807, 2.05) is 0 Å². The molecule has 1 unspecified atom stereocenters. The predicted octanol–water partition coefficient (Wildman–Crippen LogP) is 3.33. The molecule has 118 valence electrons. The van der Waals surface area contributed by atoms with Gasteiger partial charge < -0.3 is 11.1 Å². The Morgan fingerprint density at radius 1 is 1.20 bits per heavy atom. The van der Waals surface area contributed by atoms with Crippen molar-refractivity contribution in [2.24, 2.45) is 28.9 Å². The summed E-state index contributed by atoms with van der Waals surface area (Å²) in [6, 6.07) is 0.0878. The van der Waals surface area contributed by atoms with Crippen LogP contribution in [-0.2, 0) is 4.79 Å².